The topological polar surface area (TPSA) is 110 Å². The zero-order chi connectivity index (χ0) is 9.30. The molecule has 0 aromatic carbocycles. The molecule has 0 fully saturated rings. The minimum Gasteiger partial charge on any atom is -0.505 e. The van der Waals surface area contributed by atoms with Gasteiger partial charge in [-0.05, 0) is 0 Å². The first-order chi connectivity index (χ1) is 5.57. The van der Waals surface area contributed by atoms with Crippen molar-refractivity contribution in [3.05, 3.63) is 11.5 Å². The van der Waals surface area contributed by atoms with Crippen molar-refractivity contribution in [3.63, 3.8) is 0 Å². The summed E-state index contributed by atoms with van der Waals surface area (Å²) in [6.07, 6.45) is -2.42. The van der Waals surface area contributed by atoms with Gasteiger partial charge in [0.15, 0.2) is 5.76 Å². The molecule has 6 heteroatoms. The minimum absolute atomic E-state index is 0.560. The summed E-state index contributed by atoms with van der Waals surface area (Å²) < 4.78 is 4.38. The van der Waals surface area contributed by atoms with Gasteiger partial charge < -0.3 is 25.2 Å². The second-order valence-corrected chi connectivity index (χ2v) is 2.35. The lowest BCUT2D eigenvalue weighted by Gasteiger charge is -2.10. The van der Waals surface area contributed by atoms with Crippen LogP contribution in [0.3, 0.4) is 0 Å². The van der Waals surface area contributed by atoms with Crippen molar-refractivity contribution in [1.82, 2.24) is 0 Å². The number of aliphatic hydroxyl groups excluding tert-OH is 3. The van der Waals surface area contributed by atoms with Gasteiger partial charge in [-0.1, -0.05) is 0 Å². The highest BCUT2D eigenvalue weighted by Gasteiger charge is 2.41. The monoisotopic (exact) mass is 177 g/mol. The highest BCUT2D eigenvalue weighted by molar-refractivity contribution is 5.89. The predicted molar refractivity (Wildman–Crippen MR) is 36.7 cm³/mol. The molecule has 1 rings (SSSR count). The van der Waals surface area contributed by atoms with Crippen molar-refractivity contribution >= 4 is 5.97 Å². The summed E-state index contributed by atoms with van der Waals surface area (Å²) in [6, 6.07) is 0. The molecule has 5 N–H and O–H groups in total. The van der Waals surface area contributed by atoms with Crippen LogP contribution in [0.5, 0.6) is 0 Å². The van der Waals surface area contributed by atoms with Gasteiger partial charge in [-0.2, -0.15) is 0 Å². The fourth-order valence-corrected chi connectivity index (χ4v) is 0.835. The smallest absolute Gasteiger partial charge is 0.378 e. The summed E-state index contributed by atoms with van der Waals surface area (Å²) in [5.74, 6) is -2.64. The van der Waals surface area contributed by atoms with Crippen LogP contribution in [-0.2, 0) is 9.53 Å². The van der Waals surface area contributed by atoms with E-state index in [-0.39, 0.29) is 0 Å². The molecule has 0 radical (unpaired) electrons. The lowest BCUT2D eigenvalue weighted by atomic mass is 10.2. The summed E-state index contributed by atoms with van der Waals surface area (Å²) in [7, 11) is 0. The van der Waals surface area contributed by atoms with Crippen LogP contribution in [0.1, 0.15) is 0 Å². The molecule has 1 aliphatic heterocycles. The molecular weight excluding hydrogens is 168 g/mol. The maximum Gasteiger partial charge on any atom is 0.378 e. The van der Waals surface area contributed by atoms with Crippen molar-refractivity contribution in [2.45, 2.75) is 12.2 Å². The van der Waals surface area contributed by atoms with Crippen molar-refractivity contribution in [3.8, 4) is 0 Å². The van der Waals surface area contributed by atoms with Crippen LogP contribution in [-0.4, -0.2) is 45.2 Å². The number of carbonyl (C=O) groups is 1. The van der Waals surface area contributed by atoms with Gasteiger partial charge in [-0.3, -0.25) is 0 Å². The minimum atomic E-state index is -1.25. The molecule has 0 aromatic heterocycles. The molecule has 0 saturated heterocycles. The first-order valence-corrected chi connectivity index (χ1v) is 3.23. The molecule has 12 heavy (non-hydrogen) atoms. The van der Waals surface area contributed by atoms with E-state index < -0.39 is 36.3 Å². The largest absolute Gasteiger partial charge is 0.505 e. The maximum atomic E-state index is 10.6. The second kappa shape index (κ2) is 3.00. The van der Waals surface area contributed by atoms with Crippen LogP contribution in [0.25, 0.3) is 0 Å². The third kappa shape index (κ3) is 1.21. The van der Waals surface area contributed by atoms with E-state index in [9.17, 15) is 4.79 Å². The van der Waals surface area contributed by atoms with Crippen molar-refractivity contribution in [2.24, 2.45) is 0 Å². The van der Waals surface area contributed by atoms with Gasteiger partial charge in [0.05, 0.1) is 0 Å². The molecule has 68 valence electrons. The Labute approximate surface area is 67.3 Å². The van der Waals surface area contributed by atoms with Gasteiger partial charge >= 0.3 is 5.97 Å². The van der Waals surface area contributed by atoms with Gasteiger partial charge in [0, 0.05) is 0 Å². The molecule has 0 saturated carbocycles. The van der Waals surface area contributed by atoms with Crippen LogP contribution in [0.4, 0.5) is 0 Å². The Hall–Kier alpha value is -1.27. The van der Waals surface area contributed by atoms with Crippen molar-refractivity contribution in [2.75, 3.05) is 6.61 Å². The molecule has 0 spiro atoms. The van der Waals surface area contributed by atoms with Crippen LogP contribution in [0, 0.1) is 0 Å². The Morgan fingerprint density at radius 3 is 2.50 bits per heavy atom. The lowest BCUT2D eigenvalue weighted by molar-refractivity contribution is -0.147. The Bertz CT molecular complexity index is 232. The van der Waals surface area contributed by atoms with E-state index in [1.807, 2.05) is 0 Å². The lowest BCUT2D eigenvalue weighted by Crippen LogP contribution is -2.31. The predicted octanol–water partition coefficient (Wildman–Crippen LogP) is -1.68. The quantitative estimate of drug-likeness (QED) is 0.345. The molecule has 1 aliphatic rings. The third-order valence-electron chi connectivity index (χ3n) is 1.50. The second-order valence-electron chi connectivity index (χ2n) is 2.35. The first-order valence-electron chi connectivity index (χ1n) is 3.23. The van der Waals surface area contributed by atoms with Gasteiger partial charge in [0.1, 0.15) is 6.61 Å². The van der Waals surface area contributed by atoms with Gasteiger partial charge in [0.25, 0.3) is 0 Å². The fourth-order valence-electron chi connectivity index (χ4n) is 0.835. The van der Waals surface area contributed by atoms with E-state index >= 15 is 0 Å². The molecule has 1 unspecified atom stereocenters. The summed E-state index contributed by atoms with van der Waals surface area (Å²) in [4.78, 5) is 10.6. The molecular formula is C6H9O6+. The van der Waals surface area contributed by atoms with Crippen LogP contribution in [0.2, 0.25) is 0 Å². The number of hydrogen-bond donors (Lipinski definition) is 3. The molecule has 0 amide bonds. The molecule has 0 aromatic rings. The van der Waals surface area contributed by atoms with E-state index in [0.717, 1.165) is 0 Å². The molecule has 2 atom stereocenters. The highest BCUT2D eigenvalue weighted by atomic mass is 16.6. The van der Waals surface area contributed by atoms with Crippen LogP contribution < -0.4 is 0 Å². The Kier molecular flexibility index (Phi) is 2.20. The summed E-state index contributed by atoms with van der Waals surface area (Å²) >= 11 is 0. The Morgan fingerprint density at radius 1 is 1.58 bits per heavy atom. The molecule has 1 heterocycles. The van der Waals surface area contributed by atoms with Crippen LogP contribution >= 0.6 is 0 Å². The standard InChI is InChI=1S/C6H8O6/c7-1-2(8)5-3(9)4(10)6(11)12-5/h2,5,7-10H,1H2/p+1/t2-,5?/m0/s1. The van der Waals surface area contributed by atoms with Crippen molar-refractivity contribution < 1.29 is 30.0 Å². The average Bonchev–Trinajstić information content (AvgIpc) is 2.32. The number of rotatable bonds is 2. The van der Waals surface area contributed by atoms with Crippen LogP contribution in [0.15, 0.2) is 11.5 Å². The van der Waals surface area contributed by atoms with E-state index in [1.165, 1.54) is 0 Å². The molecule has 0 bridgehead atoms. The van der Waals surface area contributed by atoms with Gasteiger partial charge in [-0.25, -0.2) is 4.79 Å². The maximum absolute atomic E-state index is 10.6. The fraction of sp³-hybridized carbons (Fsp3) is 0.500. The van der Waals surface area contributed by atoms with E-state index in [1.54, 1.807) is 0 Å². The summed E-state index contributed by atoms with van der Waals surface area (Å²) in [5, 5.41) is 33.3. The highest BCUT2D eigenvalue weighted by Crippen LogP contribution is 2.20. The van der Waals surface area contributed by atoms with E-state index in [4.69, 9.17) is 20.4 Å². The van der Waals surface area contributed by atoms with E-state index in [2.05, 4.69) is 4.74 Å². The number of hydrogen-bond acceptors (Lipinski definition) is 5. The average molecular weight is 177 g/mol. The number of carbonyl (C=O) groups excluding carboxylic acids is 1. The first kappa shape index (κ1) is 8.82. The number of cyclic esters (lactones) is 1. The van der Waals surface area contributed by atoms with Crippen molar-refractivity contribution in [1.29, 1.82) is 0 Å². The van der Waals surface area contributed by atoms with Gasteiger partial charge in [0.2, 0.25) is 18.0 Å². The van der Waals surface area contributed by atoms with Gasteiger partial charge in [-0.15, -0.1) is 0 Å². The zero-order valence-corrected chi connectivity index (χ0v) is 6.02. The number of esters is 1. The number of aliphatic hydroxyl groups is 3. The zero-order valence-electron chi connectivity index (χ0n) is 6.02. The number of ether oxygens (including phenoxy) is 1. The Morgan fingerprint density at radius 2 is 2.17 bits per heavy atom. The normalized spacial score (nSPS) is 25.8. The summed E-state index contributed by atoms with van der Waals surface area (Å²) in [6.45, 7) is -0.560. The van der Waals surface area contributed by atoms with E-state index in [0.29, 0.717) is 0 Å². The SMILES string of the molecule is O=C1OC([C@@H]([OH2+])CO)C(O)=C1O. The molecule has 6 nitrogen and oxygen atoms in total. The summed E-state index contributed by atoms with van der Waals surface area (Å²) in [5.41, 5.74) is 0. The Balaban J connectivity index is 2.80. The third-order valence-corrected chi connectivity index (χ3v) is 1.50. The molecule has 0 aliphatic carbocycles.